The van der Waals surface area contributed by atoms with Crippen molar-refractivity contribution in [2.45, 2.75) is 31.7 Å². The summed E-state index contributed by atoms with van der Waals surface area (Å²) in [5, 5.41) is 7.20. The summed E-state index contributed by atoms with van der Waals surface area (Å²) >= 11 is 7.65. The van der Waals surface area contributed by atoms with Crippen molar-refractivity contribution >= 4 is 28.8 Å². The maximum atomic E-state index is 14.0. The average Bonchev–Trinajstić information content (AvgIpc) is 2.98. The first-order chi connectivity index (χ1) is 12.2. The Bertz CT molecular complexity index is 679. The number of likely N-dealkylation sites (tertiary alicyclic amines) is 1. The summed E-state index contributed by atoms with van der Waals surface area (Å²) in [7, 11) is 0. The van der Waals surface area contributed by atoms with Crippen molar-refractivity contribution in [3.05, 3.63) is 57.0 Å². The first-order valence-electron chi connectivity index (χ1n) is 8.65. The van der Waals surface area contributed by atoms with E-state index < -0.39 is 11.7 Å². The van der Waals surface area contributed by atoms with Gasteiger partial charge in [-0.1, -0.05) is 30.5 Å². The third kappa shape index (κ3) is 4.60. The van der Waals surface area contributed by atoms with Crippen molar-refractivity contribution in [3.63, 3.8) is 0 Å². The molecule has 0 unspecified atom stereocenters. The van der Waals surface area contributed by atoms with Crippen LogP contribution < -0.4 is 5.32 Å². The lowest BCUT2D eigenvalue weighted by Gasteiger charge is -2.30. The van der Waals surface area contributed by atoms with Crippen LogP contribution in [0.25, 0.3) is 0 Å². The maximum absolute atomic E-state index is 14.0. The molecule has 1 atom stereocenters. The van der Waals surface area contributed by atoms with Gasteiger partial charge in [-0.2, -0.15) is 11.3 Å². The van der Waals surface area contributed by atoms with Gasteiger partial charge in [0.1, 0.15) is 5.82 Å². The quantitative estimate of drug-likeness (QED) is 0.801. The van der Waals surface area contributed by atoms with Gasteiger partial charge in [0, 0.05) is 6.54 Å². The molecule has 1 aliphatic heterocycles. The van der Waals surface area contributed by atoms with E-state index in [1.807, 2.05) is 0 Å². The van der Waals surface area contributed by atoms with E-state index in [9.17, 15) is 9.18 Å². The maximum Gasteiger partial charge on any atom is 0.255 e. The summed E-state index contributed by atoms with van der Waals surface area (Å²) in [5.74, 6) is -1.05. The van der Waals surface area contributed by atoms with Crippen LogP contribution in [0.4, 0.5) is 4.39 Å². The number of nitrogens with one attached hydrogen (secondary N) is 1. The second-order valence-corrected chi connectivity index (χ2v) is 7.52. The van der Waals surface area contributed by atoms with Crippen LogP contribution >= 0.6 is 22.9 Å². The Kier molecular flexibility index (Phi) is 6.45. The molecule has 0 radical (unpaired) electrons. The topological polar surface area (TPSA) is 32.3 Å². The molecule has 134 valence electrons. The molecule has 1 amide bonds. The molecule has 3 nitrogen and oxygen atoms in total. The van der Waals surface area contributed by atoms with Crippen molar-refractivity contribution in [3.8, 4) is 0 Å². The van der Waals surface area contributed by atoms with Crippen LogP contribution in [0.5, 0.6) is 0 Å². The van der Waals surface area contributed by atoms with Crippen LogP contribution in [-0.2, 0) is 0 Å². The predicted octanol–water partition coefficient (Wildman–Crippen LogP) is 4.89. The van der Waals surface area contributed by atoms with E-state index in [2.05, 4.69) is 27.0 Å². The molecule has 1 aromatic heterocycles. The molecule has 0 saturated carbocycles. The molecule has 1 aromatic carbocycles. The summed E-state index contributed by atoms with van der Waals surface area (Å²) in [6.45, 7) is 2.49. The summed E-state index contributed by atoms with van der Waals surface area (Å²) in [6, 6.07) is 6.50. The second-order valence-electron chi connectivity index (χ2n) is 6.33. The van der Waals surface area contributed by atoms with Gasteiger partial charge >= 0.3 is 0 Å². The van der Waals surface area contributed by atoms with Crippen LogP contribution in [0, 0.1) is 5.82 Å². The smallest absolute Gasteiger partial charge is 0.255 e. The lowest BCUT2D eigenvalue weighted by atomic mass is 10.1. The van der Waals surface area contributed by atoms with Gasteiger partial charge in [-0.3, -0.25) is 9.69 Å². The number of rotatable bonds is 5. The third-order valence-electron chi connectivity index (χ3n) is 4.66. The first kappa shape index (κ1) is 18.4. The van der Waals surface area contributed by atoms with Crippen LogP contribution in [-0.4, -0.2) is 30.4 Å². The van der Waals surface area contributed by atoms with E-state index in [0.29, 0.717) is 6.54 Å². The number of hydrogen-bond acceptors (Lipinski definition) is 3. The van der Waals surface area contributed by atoms with Crippen molar-refractivity contribution in [1.29, 1.82) is 0 Å². The van der Waals surface area contributed by atoms with Gasteiger partial charge < -0.3 is 5.32 Å². The molecule has 0 aliphatic carbocycles. The number of thiophene rings is 1. The Balaban J connectivity index is 1.73. The fourth-order valence-corrected chi connectivity index (χ4v) is 4.28. The van der Waals surface area contributed by atoms with E-state index in [-0.39, 0.29) is 16.6 Å². The van der Waals surface area contributed by atoms with Crippen LogP contribution in [0.3, 0.4) is 0 Å². The molecule has 2 heterocycles. The Hall–Kier alpha value is -1.43. The zero-order valence-electron chi connectivity index (χ0n) is 14.0. The summed E-state index contributed by atoms with van der Waals surface area (Å²) in [5.41, 5.74) is 1.12. The Morgan fingerprint density at radius 1 is 1.24 bits per heavy atom. The first-order valence-corrected chi connectivity index (χ1v) is 9.97. The number of nitrogens with zero attached hydrogens (tertiary/aromatic N) is 1. The molecule has 0 spiro atoms. The number of amides is 1. The molecule has 25 heavy (non-hydrogen) atoms. The summed E-state index contributed by atoms with van der Waals surface area (Å²) in [6.07, 6.45) is 4.86. The molecule has 1 aliphatic rings. The third-order valence-corrected chi connectivity index (χ3v) is 5.67. The van der Waals surface area contributed by atoms with Crippen LogP contribution in [0.1, 0.15) is 47.6 Å². The number of carbonyl (C=O) groups is 1. The highest BCUT2D eigenvalue weighted by Gasteiger charge is 2.24. The molecule has 1 fully saturated rings. The molecular formula is C19H22ClFN2OS. The predicted molar refractivity (Wildman–Crippen MR) is 101 cm³/mol. The van der Waals surface area contributed by atoms with Crippen molar-refractivity contribution in [2.24, 2.45) is 0 Å². The number of halogens is 2. The second kappa shape index (κ2) is 8.79. The van der Waals surface area contributed by atoms with Crippen molar-refractivity contribution < 1.29 is 9.18 Å². The highest BCUT2D eigenvalue weighted by Crippen LogP contribution is 2.26. The SMILES string of the molecule is O=C(NC[C@@H](c1ccsc1)N1CCCCCC1)c1c(F)cccc1Cl. The van der Waals surface area contributed by atoms with Crippen LogP contribution in [0.2, 0.25) is 5.02 Å². The van der Waals surface area contributed by atoms with Crippen molar-refractivity contribution in [2.75, 3.05) is 19.6 Å². The monoisotopic (exact) mass is 380 g/mol. The Labute approximate surface area is 156 Å². The van der Waals surface area contributed by atoms with Gasteiger partial charge in [0.25, 0.3) is 5.91 Å². The van der Waals surface area contributed by atoms with Gasteiger partial charge in [-0.15, -0.1) is 0 Å². The Morgan fingerprint density at radius 3 is 2.64 bits per heavy atom. The minimum absolute atomic E-state index is 0.0795. The van der Waals surface area contributed by atoms with Gasteiger partial charge in [0.2, 0.25) is 0 Å². The largest absolute Gasteiger partial charge is 0.350 e. The van der Waals surface area contributed by atoms with E-state index in [0.717, 1.165) is 13.1 Å². The average molecular weight is 381 g/mol. The van der Waals surface area contributed by atoms with Gasteiger partial charge in [0.15, 0.2) is 0 Å². The molecule has 3 rings (SSSR count). The molecule has 1 N–H and O–H groups in total. The number of carbonyl (C=O) groups excluding carboxylic acids is 1. The van der Waals surface area contributed by atoms with Gasteiger partial charge in [0.05, 0.1) is 16.6 Å². The highest BCUT2D eigenvalue weighted by atomic mass is 35.5. The fraction of sp³-hybridized carbons (Fsp3) is 0.421. The fourth-order valence-electron chi connectivity index (χ4n) is 3.32. The summed E-state index contributed by atoms with van der Waals surface area (Å²) in [4.78, 5) is 14.9. The zero-order valence-corrected chi connectivity index (χ0v) is 15.6. The lowest BCUT2D eigenvalue weighted by molar-refractivity contribution is 0.0929. The normalized spacial score (nSPS) is 17.0. The van der Waals surface area contributed by atoms with Crippen LogP contribution in [0.15, 0.2) is 35.0 Å². The zero-order chi connectivity index (χ0) is 17.6. The van der Waals surface area contributed by atoms with E-state index in [1.165, 1.54) is 49.4 Å². The molecule has 0 bridgehead atoms. The highest BCUT2D eigenvalue weighted by molar-refractivity contribution is 7.07. The van der Waals surface area contributed by atoms with Gasteiger partial charge in [-0.25, -0.2) is 4.39 Å². The standard InChI is InChI=1S/C19H22ClFN2OS/c20-15-6-5-7-16(21)18(15)19(24)22-12-17(14-8-11-25-13-14)23-9-3-1-2-4-10-23/h5-8,11,13,17H,1-4,9-10,12H2,(H,22,24)/t17-/m0/s1. The molecule has 6 heteroatoms. The molecule has 2 aromatic rings. The molecule has 1 saturated heterocycles. The Morgan fingerprint density at radius 2 is 2.00 bits per heavy atom. The van der Waals surface area contributed by atoms with E-state index in [1.54, 1.807) is 11.3 Å². The van der Waals surface area contributed by atoms with Gasteiger partial charge in [-0.05, 0) is 60.5 Å². The number of benzene rings is 1. The number of hydrogen-bond donors (Lipinski definition) is 1. The minimum Gasteiger partial charge on any atom is -0.350 e. The molecular weight excluding hydrogens is 359 g/mol. The van der Waals surface area contributed by atoms with E-state index >= 15 is 0 Å². The van der Waals surface area contributed by atoms with Crippen molar-refractivity contribution in [1.82, 2.24) is 10.2 Å². The summed E-state index contributed by atoms with van der Waals surface area (Å²) < 4.78 is 14.0. The minimum atomic E-state index is -0.591. The van der Waals surface area contributed by atoms with E-state index in [4.69, 9.17) is 11.6 Å². The lowest BCUT2D eigenvalue weighted by Crippen LogP contribution is -2.38.